The van der Waals surface area contributed by atoms with Crippen LogP contribution < -0.4 is 11.1 Å². The van der Waals surface area contributed by atoms with Gasteiger partial charge in [0.25, 0.3) is 18.2 Å². The fraction of sp³-hybridized carbons (Fsp3) is 0.200. The summed E-state index contributed by atoms with van der Waals surface area (Å²) in [6.45, 7) is 6.34. The highest BCUT2D eigenvalue weighted by molar-refractivity contribution is 7.21. The molecule has 3 N–H and O–H groups in total. The lowest BCUT2D eigenvalue weighted by Gasteiger charge is -2.13. The van der Waals surface area contributed by atoms with Crippen LogP contribution in [0.4, 0.5) is 14.5 Å². The second-order valence-corrected chi connectivity index (χ2v) is 11.0. The molecule has 5 heterocycles. The van der Waals surface area contributed by atoms with Crippen LogP contribution in [0.1, 0.15) is 50.5 Å². The number of rotatable bonds is 7. The molecule has 2 amide bonds. The topological polar surface area (TPSA) is 134 Å². The van der Waals surface area contributed by atoms with Crippen molar-refractivity contribution in [2.75, 3.05) is 5.32 Å². The summed E-state index contributed by atoms with van der Waals surface area (Å²) >= 11 is 0.849. The molecule has 43 heavy (non-hydrogen) atoms. The Morgan fingerprint density at radius 3 is 2.51 bits per heavy atom. The number of alkyl halides is 2. The third-order valence-electron chi connectivity index (χ3n) is 7.31. The number of anilines is 1. The van der Waals surface area contributed by atoms with Gasteiger partial charge in [0.05, 0.1) is 34.4 Å². The molecule has 5 aromatic heterocycles. The van der Waals surface area contributed by atoms with Crippen molar-refractivity contribution in [3.8, 4) is 22.4 Å². The van der Waals surface area contributed by atoms with Gasteiger partial charge < -0.3 is 11.1 Å². The number of aromatic nitrogens is 6. The molecular weight excluding hydrogens is 574 g/mol. The number of hydrogen-bond donors (Lipinski definition) is 2. The van der Waals surface area contributed by atoms with Crippen molar-refractivity contribution in [2.24, 2.45) is 12.8 Å². The van der Waals surface area contributed by atoms with E-state index in [9.17, 15) is 18.4 Å². The molecule has 0 aliphatic carbocycles. The standard InChI is InChI=1S/C30H26F2N8O2S/c1-5-40-15(3)19(12-34-40)22-11-18(16-8-6-7-9-21(16)35-22)29(42)37-25-24-17(20-13-39(4)38-14(20)2)10-23(27(31)32)36-30(24)43-26(25)28(33)41/h6-13,27H,5H2,1-4H3,(H2,33,41)(H,37,42). The molecule has 1 aromatic carbocycles. The summed E-state index contributed by atoms with van der Waals surface area (Å²) in [6, 6.07) is 10.2. The van der Waals surface area contributed by atoms with Gasteiger partial charge in [0.1, 0.15) is 15.4 Å². The number of primary amides is 1. The Balaban J connectivity index is 1.56. The summed E-state index contributed by atoms with van der Waals surface area (Å²) in [6.07, 6.45) is 0.539. The molecule has 218 valence electrons. The minimum atomic E-state index is -2.86. The maximum atomic E-state index is 14.1. The summed E-state index contributed by atoms with van der Waals surface area (Å²) in [5.41, 5.74) is 9.99. The van der Waals surface area contributed by atoms with Gasteiger partial charge in [-0.3, -0.25) is 19.0 Å². The SMILES string of the molecule is CCn1ncc(-c2cc(C(=O)Nc3c(C(N)=O)sc4nc(C(F)F)cc(-c5cn(C)nc5C)c34)c3ccccc3n2)c1C. The molecule has 13 heteroatoms. The molecule has 0 spiro atoms. The van der Waals surface area contributed by atoms with Crippen molar-refractivity contribution in [3.63, 3.8) is 0 Å². The number of fused-ring (bicyclic) bond motifs is 2. The second-order valence-electron chi connectivity index (χ2n) is 10.0. The first-order valence-electron chi connectivity index (χ1n) is 13.4. The van der Waals surface area contributed by atoms with Gasteiger partial charge in [0.15, 0.2) is 0 Å². The molecular formula is C30H26F2N8O2S. The number of nitrogens with one attached hydrogen (secondary N) is 1. The van der Waals surface area contributed by atoms with E-state index in [2.05, 4.69) is 20.5 Å². The number of nitrogens with two attached hydrogens (primary N) is 1. The number of thiophene rings is 1. The van der Waals surface area contributed by atoms with Crippen LogP contribution in [0.3, 0.4) is 0 Å². The highest BCUT2D eigenvalue weighted by Crippen LogP contribution is 2.43. The van der Waals surface area contributed by atoms with Crippen molar-refractivity contribution in [3.05, 3.63) is 76.3 Å². The first-order chi connectivity index (χ1) is 20.6. The monoisotopic (exact) mass is 600 g/mol. The minimum Gasteiger partial charge on any atom is -0.365 e. The number of aryl methyl sites for hydroxylation is 3. The molecule has 0 aliphatic rings. The van der Waals surface area contributed by atoms with Crippen molar-refractivity contribution in [2.45, 2.75) is 33.7 Å². The van der Waals surface area contributed by atoms with Crippen LogP contribution in [0.5, 0.6) is 0 Å². The van der Waals surface area contributed by atoms with Crippen LogP contribution in [0.15, 0.2) is 48.8 Å². The zero-order chi connectivity index (χ0) is 30.6. The number of amides is 2. The molecule has 0 aliphatic heterocycles. The fourth-order valence-corrected chi connectivity index (χ4v) is 6.31. The number of nitrogens with zero attached hydrogens (tertiary/aromatic N) is 6. The number of para-hydroxylation sites is 1. The Bertz CT molecular complexity index is 2080. The van der Waals surface area contributed by atoms with E-state index in [1.807, 2.05) is 30.7 Å². The van der Waals surface area contributed by atoms with E-state index in [-0.39, 0.29) is 15.4 Å². The quantitative estimate of drug-likeness (QED) is 0.230. The zero-order valence-electron chi connectivity index (χ0n) is 23.6. The van der Waals surface area contributed by atoms with Crippen molar-refractivity contribution in [1.29, 1.82) is 0 Å². The number of hydrogen-bond acceptors (Lipinski definition) is 7. The molecule has 6 aromatic rings. The lowest BCUT2D eigenvalue weighted by atomic mass is 10.0. The van der Waals surface area contributed by atoms with Gasteiger partial charge in [-0.1, -0.05) is 18.2 Å². The molecule has 0 fully saturated rings. The molecule has 0 radical (unpaired) electrons. The van der Waals surface area contributed by atoms with Crippen LogP contribution in [0, 0.1) is 13.8 Å². The third kappa shape index (κ3) is 4.80. The highest BCUT2D eigenvalue weighted by atomic mass is 32.1. The van der Waals surface area contributed by atoms with Gasteiger partial charge in [0.2, 0.25) is 0 Å². The summed E-state index contributed by atoms with van der Waals surface area (Å²) in [5, 5.41) is 12.6. The Morgan fingerprint density at radius 1 is 1.09 bits per heavy atom. The summed E-state index contributed by atoms with van der Waals surface area (Å²) in [5.74, 6) is -1.36. The van der Waals surface area contributed by atoms with Crippen LogP contribution >= 0.6 is 11.3 Å². The minimum absolute atomic E-state index is 0.0105. The summed E-state index contributed by atoms with van der Waals surface area (Å²) in [4.78, 5) is 35.8. The van der Waals surface area contributed by atoms with E-state index in [0.717, 1.165) is 22.6 Å². The third-order valence-corrected chi connectivity index (χ3v) is 8.41. The predicted molar refractivity (Wildman–Crippen MR) is 161 cm³/mol. The number of carbonyl (C=O) groups is 2. The van der Waals surface area contributed by atoms with E-state index < -0.39 is 23.9 Å². The Kier molecular flexibility index (Phi) is 6.97. The Labute approximate surface area is 248 Å². The average molecular weight is 601 g/mol. The van der Waals surface area contributed by atoms with Crippen LogP contribution in [-0.4, -0.2) is 41.3 Å². The molecule has 0 saturated carbocycles. The van der Waals surface area contributed by atoms with Gasteiger partial charge in [-0.15, -0.1) is 11.3 Å². The van der Waals surface area contributed by atoms with E-state index in [1.54, 1.807) is 49.2 Å². The van der Waals surface area contributed by atoms with Crippen molar-refractivity contribution in [1.82, 2.24) is 29.5 Å². The van der Waals surface area contributed by atoms with Gasteiger partial charge in [-0.25, -0.2) is 18.7 Å². The number of halogens is 2. The maximum absolute atomic E-state index is 14.1. The van der Waals surface area contributed by atoms with E-state index >= 15 is 0 Å². The molecule has 10 nitrogen and oxygen atoms in total. The first kappa shape index (κ1) is 28.1. The van der Waals surface area contributed by atoms with Crippen LogP contribution in [-0.2, 0) is 13.6 Å². The maximum Gasteiger partial charge on any atom is 0.280 e. The smallest absolute Gasteiger partial charge is 0.280 e. The predicted octanol–water partition coefficient (Wildman–Crippen LogP) is 6.03. The summed E-state index contributed by atoms with van der Waals surface area (Å²) in [7, 11) is 1.71. The van der Waals surface area contributed by atoms with E-state index in [1.165, 1.54) is 6.07 Å². The van der Waals surface area contributed by atoms with Gasteiger partial charge >= 0.3 is 0 Å². The second kappa shape index (κ2) is 10.7. The van der Waals surface area contributed by atoms with Gasteiger partial charge in [-0.05, 0) is 44.5 Å². The lowest BCUT2D eigenvalue weighted by molar-refractivity contribution is 0.100. The van der Waals surface area contributed by atoms with Gasteiger partial charge in [-0.2, -0.15) is 10.2 Å². The van der Waals surface area contributed by atoms with E-state index in [0.29, 0.717) is 50.9 Å². The van der Waals surface area contributed by atoms with Crippen molar-refractivity contribution < 1.29 is 18.4 Å². The molecule has 6 rings (SSSR count). The average Bonchev–Trinajstić information content (AvgIpc) is 3.65. The number of pyridine rings is 2. The Hall–Kier alpha value is -5.04. The molecule has 0 saturated heterocycles. The molecule has 0 unspecified atom stereocenters. The van der Waals surface area contributed by atoms with Crippen molar-refractivity contribution >= 4 is 50.0 Å². The molecule has 0 atom stereocenters. The van der Waals surface area contributed by atoms with Gasteiger partial charge in [0, 0.05) is 47.4 Å². The normalized spacial score (nSPS) is 11.6. The zero-order valence-corrected chi connectivity index (χ0v) is 24.5. The highest BCUT2D eigenvalue weighted by Gasteiger charge is 2.27. The van der Waals surface area contributed by atoms with Crippen LogP contribution in [0.2, 0.25) is 0 Å². The number of carbonyl (C=O) groups excluding carboxylic acids is 2. The fourth-order valence-electron chi connectivity index (χ4n) is 5.30. The largest absolute Gasteiger partial charge is 0.365 e. The van der Waals surface area contributed by atoms with Crippen LogP contribution in [0.25, 0.3) is 43.5 Å². The first-order valence-corrected chi connectivity index (χ1v) is 14.2. The van der Waals surface area contributed by atoms with E-state index in [4.69, 9.17) is 10.7 Å². The summed E-state index contributed by atoms with van der Waals surface area (Å²) < 4.78 is 31.2. The lowest BCUT2D eigenvalue weighted by Crippen LogP contribution is -2.17. The molecule has 0 bridgehead atoms. The number of benzene rings is 1. The Morgan fingerprint density at radius 2 is 1.86 bits per heavy atom.